The Labute approximate surface area is 177 Å². The Hall–Kier alpha value is -3.08. The normalized spacial score (nSPS) is 10.6. The highest BCUT2D eigenvalue weighted by molar-refractivity contribution is 7.99. The number of nitrogens with zero attached hydrogens (tertiary/aromatic N) is 2. The largest absolute Gasteiger partial charge is 0.507 e. The number of carboxylic acids is 1. The van der Waals surface area contributed by atoms with Gasteiger partial charge in [-0.05, 0) is 31.9 Å². The van der Waals surface area contributed by atoms with Gasteiger partial charge >= 0.3 is 5.97 Å². The second-order valence-corrected chi connectivity index (χ2v) is 7.46. The highest BCUT2D eigenvalue weighted by Gasteiger charge is 2.16. The molecule has 0 radical (unpaired) electrons. The van der Waals surface area contributed by atoms with Gasteiger partial charge in [0.05, 0.1) is 12.2 Å². The standard InChI is InChI=1S/C19H24N4O6S/c1-3-5-13-14(7-6-12(11(2)24)17(13)28)29-8-4-9-30-19-21-18(22-23-19)20-15(25)10-16(26)27/h6-7,28H,3-5,8-10H2,1-2H3,(H,26,27)(H2,20,21,22,23,25). The van der Waals surface area contributed by atoms with E-state index in [0.717, 1.165) is 6.42 Å². The molecule has 1 amide bonds. The minimum absolute atomic E-state index is 0.0182. The van der Waals surface area contributed by atoms with Crippen LogP contribution in [0.5, 0.6) is 11.5 Å². The van der Waals surface area contributed by atoms with Gasteiger partial charge in [-0.25, -0.2) is 0 Å². The molecule has 2 aromatic rings. The van der Waals surface area contributed by atoms with Crippen LogP contribution in [0, 0.1) is 0 Å². The summed E-state index contributed by atoms with van der Waals surface area (Å²) in [6.07, 6.45) is 1.42. The first-order valence-electron chi connectivity index (χ1n) is 9.37. The summed E-state index contributed by atoms with van der Waals surface area (Å²) in [7, 11) is 0. The van der Waals surface area contributed by atoms with Gasteiger partial charge < -0.3 is 14.9 Å². The number of phenolic OH excluding ortho intramolecular Hbond substituents is 1. The quantitative estimate of drug-likeness (QED) is 0.170. The van der Waals surface area contributed by atoms with Gasteiger partial charge in [0.1, 0.15) is 17.9 Å². The molecule has 0 unspecified atom stereocenters. The van der Waals surface area contributed by atoms with Gasteiger partial charge in [-0.15, -0.1) is 5.10 Å². The van der Waals surface area contributed by atoms with Crippen LogP contribution in [0.15, 0.2) is 17.3 Å². The number of amides is 1. The first-order chi connectivity index (χ1) is 14.3. The third-order valence-electron chi connectivity index (χ3n) is 3.93. The fraction of sp³-hybridized carbons (Fsp3) is 0.421. The van der Waals surface area contributed by atoms with Gasteiger partial charge in [-0.1, -0.05) is 25.1 Å². The van der Waals surface area contributed by atoms with Crippen LogP contribution < -0.4 is 10.1 Å². The van der Waals surface area contributed by atoms with E-state index in [1.165, 1.54) is 18.7 Å². The highest BCUT2D eigenvalue weighted by atomic mass is 32.2. The van der Waals surface area contributed by atoms with Crippen molar-refractivity contribution < 1.29 is 29.3 Å². The number of hydrogen-bond acceptors (Lipinski definition) is 8. The molecule has 0 bridgehead atoms. The number of thioether (sulfide) groups is 1. The van der Waals surface area contributed by atoms with Gasteiger partial charge in [0.15, 0.2) is 10.9 Å². The average Bonchev–Trinajstić information content (AvgIpc) is 3.10. The molecule has 1 aromatic heterocycles. The Bertz CT molecular complexity index is 914. The van der Waals surface area contributed by atoms with Crippen molar-refractivity contribution in [3.8, 4) is 11.5 Å². The number of benzene rings is 1. The Balaban J connectivity index is 1.82. The number of aromatic amines is 1. The molecular formula is C19H24N4O6S. The third-order valence-corrected chi connectivity index (χ3v) is 4.88. The number of rotatable bonds is 12. The number of anilines is 1. The lowest BCUT2D eigenvalue weighted by Gasteiger charge is -2.14. The van der Waals surface area contributed by atoms with Gasteiger partial charge in [0, 0.05) is 11.3 Å². The number of phenols is 1. The molecule has 0 atom stereocenters. The molecule has 0 fully saturated rings. The van der Waals surface area contributed by atoms with Crippen molar-refractivity contribution in [2.24, 2.45) is 0 Å². The predicted molar refractivity (Wildman–Crippen MR) is 110 cm³/mol. The predicted octanol–water partition coefficient (Wildman–Crippen LogP) is 2.64. The van der Waals surface area contributed by atoms with Crippen molar-refractivity contribution in [1.82, 2.24) is 15.2 Å². The number of H-pyrrole nitrogens is 1. The molecule has 30 heavy (non-hydrogen) atoms. The summed E-state index contributed by atoms with van der Waals surface area (Å²) in [5, 5.41) is 28.1. The van der Waals surface area contributed by atoms with Crippen molar-refractivity contribution in [1.29, 1.82) is 0 Å². The molecule has 1 heterocycles. The Morgan fingerprint density at radius 2 is 2.07 bits per heavy atom. The van der Waals surface area contributed by atoms with E-state index >= 15 is 0 Å². The SMILES string of the molecule is CCCc1c(OCCCSc2nc(NC(=O)CC(=O)O)n[nH]2)ccc(C(C)=O)c1O. The number of ketones is 1. The first kappa shape index (κ1) is 23.2. The van der Waals surface area contributed by atoms with Crippen molar-refractivity contribution in [3.05, 3.63) is 23.3 Å². The van der Waals surface area contributed by atoms with Crippen LogP contribution in [0.25, 0.3) is 0 Å². The lowest BCUT2D eigenvalue weighted by Crippen LogP contribution is -2.16. The van der Waals surface area contributed by atoms with Gasteiger partial charge in [-0.3, -0.25) is 24.8 Å². The molecule has 2 rings (SSSR count). The maximum atomic E-state index is 11.6. The van der Waals surface area contributed by atoms with Crippen LogP contribution in [-0.2, 0) is 16.0 Å². The molecule has 11 heteroatoms. The summed E-state index contributed by atoms with van der Waals surface area (Å²) in [4.78, 5) is 37.5. The Morgan fingerprint density at radius 1 is 1.30 bits per heavy atom. The summed E-state index contributed by atoms with van der Waals surface area (Å²) >= 11 is 1.37. The molecule has 1 aromatic carbocycles. The zero-order valence-corrected chi connectivity index (χ0v) is 17.5. The summed E-state index contributed by atoms with van der Waals surface area (Å²) in [6, 6.07) is 3.27. The number of nitrogens with one attached hydrogen (secondary N) is 2. The fourth-order valence-electron chi connectivity index (χ4n) is 2.61. The number of carbonyl (C=O) groups excluding carboxylic acids is 2. The van der Waals surface area contributed by atoms with E-state index in [1.807, 2.05) is 6.92 Å². The van der Waals surface area contributed by atoms with Crippen molar-refractivity contribution in [3.63, 3.8) is 0 Å². The first-order valence-corrected chi connectivity index (χ1v) is 10.4. The van der Waals surface area contributed by atoms with E-state index in [2.05, 4.69) is 20.5 Å². The maximum absolute atomic E-state index is 11.6. The van der Waals surface area contributed by atoms with E-state index in [0.29, 0.717) is 41.7 Å². The van der Waals surface area contributed by atoms with E-state index in [9.17, 15) is 19.5 Å². The van der Waals surface area contributed by atoms with Crippen LogP contribution >= 0.6 is 11.8 Å². The number of hydrogen-bond donors (Lipinski definition) is 4. The van der Waals surface area contributed by atoms with Crippen molar-refractivity contribution in [2.45, 2.75) is 44.7 Å². The number of carboxylic acid groups (broad SMARTS) is 1. The zero-order valence-electron chi connectivity index (χ0n) is 16.7. The highest BCUT2D eigenvalue weighted by Crippen LogP contribution is 2.33. The molecule has 0 saturated heterocycles. The summed E-state index contributed by atoms with van der Waals surface area (Å²) < 4.78 is 5.79. The molecule has 0 saturated carbocycles. The van der Waals surface area contributed by atoms with Gasteiger partial charge in [0.2, 0.25) is 11.9 Å². The van der Waals surface area contributed by atoms with E-state index < -0.39 is 18.3 Å². The second kappa shape index (κ2) is 11.2. The molecule has 10 nitrogen and oxygen atoms in total. The molecule has 0 aliphatic carbocycles. The lowest BCUT2D eigenvalue weighted by atomic mass is 10.0. The molecule has 0 spiro atoms. The van der Waals surface area contributed by atoms with E-state index in [-0.39, 0.29) is 23.0 Å². The van der Waals surface area contributed by atoms with Crippen LogP contribution in [0.4, 0.5) is 5.95 Å². The van der Waals surface area contributed by atoms with Gasteiger partial charge in [-0.2, -0.15) is 4.98 Å². The van der Waals surface area contributed by atoms with E-state index in [4.69, 9.17) is 9.84 Å². The maximum Gasteiger partial charge on any atom is 0.312 e. The molecular weight excluding hydrogens is 412 g/mol. The number of ether oxygens (including phenoxy) is 1. The Kier molecular flexibility index (Phi) is 8.66. The lowest BCUT2D eigenvalue weighted by molar-refractivity contribution is -0.139. The average molecular weight is 436 g/mol. The second-order valence-electron chi connectivity index (χ2n) is 6.38. The summed E-state index contributed by atoms with van der Waals surface area (Å²) in [5.74, 6) is -0.915. The zero-order chi connectivity index (χ0) is 22.1. The number of aliphatic carboxylic acids is 1. The topological polar surface area (TPSA) is 154 Å². The van der Waals surface area contributed by atoms with Crippen LogP contribution in [-0.4, -0.2) is 55.4 Å². The fourth-order valence-corrected chi connectivity index (χ4v) is 3.33. The van der Waals surface area contributed by atoms with E-state index in [1.54, 1.807) is 12.1 Å². The third kappa shape index (κ3) is 6.76. The van der Waals surface area contributed by atoms with Crippen LogP contribution in [0.1, 0.15) is 49.0 Å². The number of aromatic nitrogens is 3. The van der Waals surface area contributed by atoms with Gasteiger partial charge in [0.25, 0.3) is 0 Å². The molecule has 162 valence electrons. The van der Waals surface area contributed by atoms with Crippen molar-refractivity contribution in [2.75, 3.05) is 17.7 Å². The number of Topliss-reactive ketones (excluding diaryl/α,β-unsaturated/α-hetero) is 1. The van der Waals surface area contributed by atoms with Crippen LogP contribution in [0.2, 0.25) is 0 Å². The molecule has 4 N–H and O–H groups in total. The van der Waals surface area contributed by atoms with Crippen LogP contribution in [0.3, 0.4) is 0 Å². The molecule has 0 aliphatic heterocycles. The Morgan fingerprint density at radius 3 is 2.73 bits per heavy atom. The summed E-state index contributed by atoms with van der Waals surface area (Å²) in [5.41, 5.74) is 0.924. The monoisotopic (exact) mass is 436 g/mol. The minimum atomic E-state index is -1.23. The smallest absolute Gasteiger partial charge is 0.312 e. The van der Waals surface area contributed by atoms with Crippen molar-refractivity contribution >= 4 is 35.4 Å². The molecule has 0 aliphatic rings. The number of aromatic hydroxyl groups is 1. The summed E-state index contributed by atoms with van der Waals surface area (Å²) in [6.45, 7) is 3.80. The number of carbonyl (C=O) groups is 3. The minimum Gasteiger partial charge on any atom is -0.507 e.